The van der Waals surface area contributed by atoms with Gasteiger partial charge in [0.05, 0.1) is 12.6 Å². The van der Waals surface area contributed by atoms with E-state index in [9.17, 15) is 14.0 Å². The molecule has 1 aliphatic rings. The number of likely N-dealkylation sites (tertiary alicyclic amines) is 1. The Labute approximate surface area is 156 Å². The second-order valence-electron chi connectivity index (χ2n) is 7.64. The van der Waals surface area contributed by atoms with Crippen LogP contribution in [0.5, 0.6) is 0 Å². The normalized spacial score (nSPS) is 17.3. The van der Waals surface area contributed by atoms with E-state index in [1.807, 2.05) is 20.8 Å². The summed E-state index contributed by atoms with van der Waals surface area (Å²) in [6.45, 7) is 6.62. The van der Waals surface area contributed by atoms with Gasteiger partial charge in [0.1, 0.15) is 5.82 Å². The fourth-order valence-electron chi connectivity index (χ4n) is 2.96. The van der Waals surface area contributed by atoms with Gasteiger partial charge in [-0.15, -0.1) is 0 Å². The fraction of sp³-hybridized carbons (Fsp3) is 0.474. The molecule has 2 heterocycles. The summed E-state index contributed by atoms with van der Waals surface area (Å²) in [5, 5.41) is 6.90. The monoisotopic (exact) mass is 374 g/mol. The molecule has 7 nitrogen and oxygen atoms in total. The van der Waals surface area contributed by atoms with E-state index in [0.29, 0.717) is 18.5 Å². The first-order valence-electron chi connectivity index (χ1n) is 8.93. The van der Waals surface area contributed by atoms with Crippen molar-refractivity contribution < 1.29 is 18.5 Å². The van der Waals surface area contributed by atoms with Crippen LogP contribution in [0.3, 0.4) is 0 Å². The van der Waals surface area contributed by atoms with Crippen molar-refractivity contribution in [3.63, 3.8) is 0 Å². The third kappa shape index (κ3) is 4.57. The quantitative estimate of drug-likeness (QED) is 0.809. The van der Waals surface area contributed by atoms with Gasteiger partial charge in [-0.2, -0.15) is 4.98 Å². The predicted octanol–water partition coefficient (Wildman–Crippen LogP) is 2.44. The highest BCUT2D eigenvalue weighted by Crippen LogP contribution is 2.23. The Hall–Kier alpha value is -2.61. The van der Waals surface area contributed by atoms with Crippen molar-refractivity contribution in [2.24, 2.45) is 0 Å². The van der Waals surface area contributed by atoms with E-state index in [-0.39, 0.29) is 41.3 Å². The van der Waals surface area contributed by atoms with Crippen LogP contribution < -0.4 is 5.32 Å². The average molecular weight is 374 g/mol. The zero-order chi connectivity index (χ0) is 19.6. The maximum atomic E-state index is 13.0. The molecule has 2 aromatic rings. The molecular formula is C19H23FN4O3. The number of carbonyl (C=O) groups excluding carboxylic acids is 2. The first-order chi connectivity index (χ1) is 12.7. The Balaban J connectivity index is 1.71. The molecule has 1 amide bonds. The molecule has 0 radical (unpaired) electrons. The molecule has 0 aliphatic carbocycles. The SMILES string of the molecule is CC(C)(C)NCC(=O)N1CCC[C@H]1C(=O)c1noc(-c2ccc(F)cc2)n1. The molecule has 1 aliphatic heterocycles. The smallest absolute Gasteiger partial charge is 0.258 e. The summed E-state index contributed by atoms with van der Waals surface area (Å²) in [6, 6.07) is 4.97. The van der Waals surface area contributed by atoms with Gasteiger partial charge >= 0.3 is 0 Å². The molecule has 8 heteroatoms. The lowest BCUT2D eigenvalue weighted by molar-refractivity contribution is -0.130. The number of hydrogen-bond donors (Lipinski definition) is 1. The molecule has 1 atom stereocenters. The maximum Gasteiger partial charge on any atom is 0.258 e. The second-order valence-corrected chi connectivity index (χ2v) is 7.64. The van der Waals surface area contributed by atoms with E-state index in [2.05, 4.69) is 15.5 Å². The number of ketones is 1. The summed E-state index contributed by atoms with van der Waals surface area (Å²) in [5.74, 6) is -0.762. The van der Waals surface area contributed by atoms with E-state index in [1.165, 1.54) is 24.3 Å². The summed E-state index contributed by atoms with van der Waals surface area (Å²) in [7, 11) is 0. The largest absolute Gasteiger partial charge is 0.334 e. The van der Waals surface area contributed by atoms with Gasteiger partial charge in [0.25, 0.3) is 5.89 Å². The van der Waals surface area contributed by atoms with Crippen LogP contribution in [0.15, 0.2) is 28.8 Å². The second kappa shape index (κ2) is 7.56. The van der Waals surface area contributed by atoms with E-state index in [1.54, 1.807) is 4.90 Å². The van der Waals surface area contributed by atoms with Gasteiger partial charge in [-0.3, -0.25) is 9.59 Å². The number of Topliss-reactive ketones (excluding diaryl/α,β-unsaturated/α-hetero) is 1. The number of rotatable bonds is 5. The predicted molar refractivity (Wildman–Crippen MR) is 96.5 cm³/mol. The third-order valence-corrected chi connectivity index (χ3v) is 4.38. The molecule has 0 saturated carbocycles. The minimum Gasteiger partial charge on any atom is -0.334 e. The number of nitrogens with one attached hydrogen (secondary N) is 1. The van der Waals surface area contributed by atoms with E-state index < -0.39 is 6.04 Å². The Morgan fingerprint density at radius 2 is 2.00 bits per heavy atom. The molecule has 1 aromatic heterocycles. The first kappa shape index (κ1) is 19.2. The minimum absolute atomic E-state index is 0.0668. The molecular weight excluding hydrogens is 351 g/mol. The van der Waals surface area contributed by atoms with Gasteiger partial charge < -0.3 is 14.7 Å². The topological polar surface area (TPSA) is 88.3 Å². The highest BCUT2D eigenvalue weighted by Gasteiger charge is 2.36. The average Bonchev–Trinajstić information content (AvgIpc) is 3.28. The highest BCUT2D eigenvalue weighted by atomic mass is 19.1. The Bertz CT molecular complexity index is 826. The molecule has 1 fully saturated rings. The van der Waals surface area contributed by atoms with Gasteiger partial charge in [-0.25, -0.2) is 4.39 Å². The number of carbonyl (C=O) groups is 2. The summed E-state index contributed by atoms with van der Waals surface area (Å²) in [4.78, 5) is 31.0. The lowest BCUT2D eigenvalue weighted by atomic mass is 10.1. The summed E-state index contributed by atoms with van der Waals surface area (Å²) < 4.78 is 18.2. The molecule has 144 valence electrons. The maximum absolute atomic E-state index is 13.0. The molecule has 27 heavy (non-hydrogen) atoms. The van der Waals surface area contributed by atoms with Crippen LogP contribution in [-0.4, -0.2) is 51.4 Å². The summed E-state index contributed by atoms with van der Waals surface area (Å²) in [5.41, 5.74) is 0.337. The standard InChI is InChI=1S/C19H23FN4O3/c1-19(2,3)21-11-15(25)24-10-4-5-14(24)16(26)17-22-18(27-23-17)12-6-8-13(20)9-7-12/h6-9,14,21H,4-5,10-11H2,1-3H3/t14-/m0/s1. The van der Waals surface area contributed by atoms with E-state index in [4.69, 9.17) is 4.52 Å². The summed E-state index contributed by atoms with van der Waals surface area (Å²) >= 11 is 0. The van der Waals surface area contributed by atoms with Crippen molar-refractivity contribution in [2.75, 3.05) is 13.1 Å². The Morgan fingerprint density at radius 1 is 1.30 bits per heavy atom. The van der Waals surface area contributed by atoms with Crippen LogP contribution in [0.4, 0.5) is 4.39 Å². The minimum atomic E-state index is -0.585. The van der Waals surface area contributed by atoms with Crippen LogP contribution in [0, 0.1) is 5.82 Å². The van der Waals surface area contributed by atoms with Crippen molar-refractivity contribution in [3.05, 3.63) is 35.9 Å². The lowest BCUT2D eigenvalue weighted by Gasteiger charge is -2.26. The fourth-order valence-corrected chi connectivity index (χ4v) is 2.96. The van der Waals surface area contributed by atoms with E-state index in [0.717, 1.165) is 6.42 Å². The van der Waals surface area contributed by atoms with Crippen LogP contribution >= 0.6 is 0 Å². The Morgan fingerprint density at radius 3 is 2.67 bits per heavy atom. The highest BCUT2D eigenvalue weighted by molar-refractivity contribution is 5.99. The van der Waals surface area contributed by atoms with Crippen LogP contribution in [0.2, 0.25) is 0 Å². The molecule has 0 spiro atoms. The van der Waals surface area contributed by atoms with Crippen LogP contribution in [-0.2, 0) is 4.79 Å². The number of aromatic nitrogens is 2. The van der Waals surface area contributed by atoms with Crippen molar-refractivity contribution in [1.82, 2.24) is 20.4 Å². The Kier molecular flexibility index (Phi) is 5.36. The van der Waals surface area contributed by atoms with Crippen molar-refractivity contribution >= 4 is 11.7 Å². The molecule has 1 aromatic carbocycles. The van der Waals surface area contributed by atoms with E-state index >= 15 is 0 Å². The number of benzene rings is 1. The van der Waals surface area contributed by atoms with Gasteiger partial charge in [0.15, 0.2) is 0 Å². The lowest BCUT2D eigenvalue weighted by Crippen LogP contribution is -2.48. The molecule has 3 rings (SSSR count). The van der Waals surface area contributed by atoms with Crippen molar-refractivity contribution in [2.45, 2.75) is 45.2 Å². The molecule has 0 unspecified atom stereocenters. The van der Waals surface area contributed by atoms with Gasteiger partial charge in [0, 0.05) is 17.6 Å². The number of hydrogen-bond acceptors (Lipinski definition) is 6. The zero-order valence-electron chi connectivity index (χ0n) is 15.7. The van der Waals surface area contributed by atoms with Crippen LogP contribution in [0.1, 0.15) is 44.2 Å². The summed E-state index contributed by atoms with van der Waals surface area (Å²) in [6.07, 6.45) is 1.32. The van der Waals surface area contributed by atoms with Crippen molar-refractivity contribution in [3.8, 4) is 11.5 Å². The van der Waals surface area contributed by atoms with Crippen molar-refractivity contribution in [1.29, 1.82) is 0 Å². The molecule has 1 saturated heterocycles. The first-order valence-corrected chi connectivity index (χ1v) is 8.93. The third-order valence-electron chi connectivity index (χ3n) is 4.38. The number of nitrogens with zero attached hydrogens (tertiary/aromatic N) is 3. The number of amides is 1. The van der Waals surface area contributed by atoms with Gasteiger partial charge in [-0.05, 0) is 57.9 Å². The number of halogens is 1. The van der Waals surface area contributed by atoms with Gasteiger partial charge in [-0.1, -0.05) is 5.16 Å². The van der Waals surface area contributed by atoms with Crippen LogP contribution in [0.25, 0.3) is 11.5 Å². The zero-order valence-corrected chi connectivity index (χ0v) is 15.7. The molecule has 0 bridgehead atoms. The molecule has 1 N–H and O–H groups in total. The van der Waals surface area contributed by atoms with Gasteiger partial charge in [0.2, 0.25) is 17.5 Å².